The van der Waals surface area contributed by atoms with Gasteiger partial charge in [-0.25, -0.2) is 0 Å². The standard InChI is InChI=1S/C24H27NO/c1-24(2,3)22-13-9-18(10-14-22)11-15-23(26)25-17-19-8-12-20-6-4-5-7-21(20)16-19/h4-10,12-14,16H,11,15,17H2,1-3H3,(H,25,26). The lowest BCUT2D eigenvalue weighted by molar-refractivity contribution is -0.121. The molecule has 0 aromatic heterocycles. The number of rotatable bonds is 5. The van der Waals surface area contributed by atoms with Crippen molar-refractivity contribution in [3.8, 4) is 0 Å². The predicted octanol–water partition coefficient (Wildman–Crippen LogP) is 5.39. The third kappa shape index (κ3) is 4.72. The fourth-order valence-electron chi connectivity index (χ4n) is 3.07. The molecule has 0 heterocycles. The van der Waals surface area contributed by atoms with Crippen molar-refractivity contribution in [1.82, 2.24) is 5.32 Å². The minimum Gasteiger partial charge on any atom is -0.352 e. The molecular weight excluding hydrogens is 318 g/mol. The lowest BCUT2D eigenvalue weighted by Crippen LogP contribution is -2.23. The van der Waals surface area contributed by atoms with Gasteiger partial charge in [0.05, 0.1) is 0 Å². The zero-order valence-corrected chi connectivity index (χ0v) is 15.9. The molecule has 134 valence electrons. The highest BCUT2D eigenvalue weighted by Gasteiger charge is 2.13. The lowest BCUT2D eigenvalue weighted by atomic mass is 9.86. The number of aryl methyl sites for hydroxylation is 1. The van der Waals surface area contributed by atoms with E-state index in [0.29, 0.717) is 13.0 Å². The van der Waals surface area contributed by atoms with E-state index in [1.807, 2.05) is 12.1 Å². The van der Waals surface area contributed by atoms with Gasteiger partial charge in [-0.2, -0.15) is 0 Å². The van der Waals surface area contributed by atoms with E-state index in [2.05, 4.69) is 80.7 Å². The van der Waals surface area contributed by atoms with E-state index in [-0.39, 0.29) is 11.3 Å². The molecule has 0 aliphatic rings. The van der Waals surface area contributed by atoms with Crippen molar-refractivity contribution in [2.45, 2.75) is 45.6 Å². The zero-order chi connectivity index (χ0) is 18.6. The Bertz CT molecular complexity index is 888. The first-order chi connectivity index (χ1) is 12.4. The largest absolute Gasteiger partial charge is 0.352 e. The van der Waals surface area contributed by atoms with Crippen molar-refractivity contribution in [1.29, 1.82) is 0 Å². The summed E-state index contributed by atoms with van der Waals surface area (Å²) in [6.07, 6.45) is 1.29. The zero-order valence-electron chi connectivity index (χ0n) is 15.9. The van der Waals surface area contributed by atoms with Crippen molar-refractivity contribution >= 4 is 16.7 Å². The van der Waals surface area contributed by atoms with Crippen LogP contribution in [0.15, 0.2) is 66.7 Å². The third-order valence-electron chi connectivity index (χ3n) is 4.76. The molecule has 3 rings (SSSR count). The topological polar surface area (TPSA) is 29.1 Å². The second-order valence-corrected chi connectivity index (χ2v) is 7.91. The number of nitrogens with one attached hydrogen (secondary N) is 1. The van der Waals surface area contributed by atoms with E-state index in [0.717, 1.165) is 12.0 Å². The SMILES string of the molecule is CC(C)(C)c1ccc(CCC(=O)NCc2ccc3ccccc3c2)cc1. The molecule has 26 heavy (non-hydrogen) atoms. The summed E-state index contributed by atoms with van der Waals surface area (Å²) in [6, 6.07) is 23.2. The monoisotopic (exact) mass is 345 g/mol. The van der Waals surface area contributed by atoms with Crippen molar-refractivity contribution in [2.75, 3.05) is 0 Å². The summed E-state index contributed by atoms with van der Waals surface area (Å²) in [5.74, 6) is 0.0954. The van der Waals surface area contributed by atoms with Crippen molar-refractivity contribution in [3.05, 3.63) is 83.4 Å². The van der Waals surface area contributed by atoms with Gasteiger partial charge >= 0.3 is 0 Å². The van der Waals surface area contributed by atoms with E-state index in [9.17, 15) is 4.79 Å². The number of amides is 1. The average Bonchev–Trinajstić information content (AvgIpc) is 2.64. The molecule has 0 saturated carbocycles. The van der Waals surface area contributed by atoms with E-state index < -0.39 is 0 Å². The first-order valence-corrected chi connectivity index (χ1v) is 9.26. The highest BCUT2D eigenvalue weighted by Crippen LogP contribution is 2.22. The summed E-state index contributed by atoms with van der Waals surface area (Å²) < 4.78 is 0. The van der Waals surface area contributed by atoms with Gasteiger partial charge < -0.3 is 5.32 Å². The fourth-order valence-corrected chi connectivity index (χ4v) is 3.07. The number of hydrogen-bond donors (Lipinski definition) is 1. The van der Waals surface area contributed by atoms with Gasteiger partial charge in [-0.15, -0.1) is 0 Å². The maximum atomic E-state index is 12.2. The maximum Gasteiger partial charge on any atom is 0.220 e. The van der Waals surface area contributed by atoms with E-state index in [4.69, 9.17) is 0 Å². The number of benzene rings is 3. The molecule has 3 aromatic rings. The van der Waals surface area contributed by atoms with Crippen LogP contribution in [0.5, 0.6) is 0 Å². The molecule has 1 amide bonds. The van der Waals surface area contributed by atoms with E-state index in [1.165, 1.54) is 21.9 Å². The number of hydrogen-bond acceptors (Lipinski definition) is 1. The first-order valence-electron chi connectivity index (χ1n) is 9.26. The van der Waals surface area contributed by atoms with Gasteiger partial charge in [-0.3, -0.25) is 4.79 Å². The van der Waals surface area contributed by atoms with E-state index >= 15 is 0 Å². The summed E-state index contributed by atoms with van der Waals surface area (Å²) in [5, 5.41) is 5.46. The Morgan fingerprint density at radius 1 is 0.846 bits per heavy atom. The summed E-state index contributed by atoms with van der Waals surface area (Å²) in [5.41, 5.74) is 3.82. The second-order valence-electron chi connectivity index (χ2n) is 7.91. The Kier molecular flexibility index (Phi) is 5.41. The van der Waals surface area contributed by atoms with Crippen LogP contribution in [0.1, 0.15) is 43.9 Å². The molecule has 0 aliphatic heterocycles. The molecule has 0 radical (unpaired) electrons. The fraction of sp³-hybridized carbons (Fsp3) is 0.292. The van der Waals surface area contributed by atoms with Gasteiger partial charge in [0.25, 0.3) is 0 Å². The Balaban J connectivity index is 1.50. The van der Waals surface area contributed by atoms with Gasteiger partial charge in [-0.05, 0) is 45.4 Å². The van der Waals surface area contributed by atoms with Gasteiger partial charge in [0, 0.05) is 13.0 Å². The minimum atomic E-state index is 0.0954. The summed E-state index contributed by atoms with van der Waals surface area (Å²) in [4.78, 5) is 12.2. The van der Waals surface area contributed by atoms with Crippen LogP contribution in [-0.2, 0) is 23.2 Å². The van der Waals surface area contributed by atoms with Crippen LogP contribution in [0, 0.1) is 0 Å². The normalized spacial score (nSPS) is 11.5. The quantitative estimate of drug-likeness (QED) is 0.660. The lowest BCUT2D eigenvalue weighted by Gasteiger charge is -2.19. The van der Waals surface area contributed by atoms with Crippen molar-refractivity contribution < 1.29 is 4.79 Å². The highest BCUT2D eigenvalue weighted by molar-refractivity contribution is 5.83. The molecule has 3 aromatic carbocycles. The molecule has 0 bridgehead atoms. The molecule has 0 saturated heterocycles. The maximum absolute atomic E-state index is 12.2. The van der Waals surface area contributed by atoms with Crippen LogP contribution in [0.2, 0.25) is 0 Å². The summed E-state index contributed by atoms with van der Waals surface area (Å²) in [6.45, 7) is 7.21. The molecule has 0 fully saturated rings. The van der Waals surface area contributed by atoms with Crippen LogP contribution < -0.4 is 5.32 Å². The first kappa shape index (κ1) is 18.2. The molecule has 2 nitrogen and oxygen atoms in total. The summed E-state index contributed by atoms with van der Waals surface area (Å²) >= 11 is 0. The van der Waals surface area contributed by atoms with Crippen LogP contribution in [0.4, 0.5) is 0 Å². The Labute approximate surface area is 156 Å². The van der Waals surface area contributed by atoms with Gasteiger partial charge in [0.15, 0.2) is 0 Å². The smallest absolute Gasteiger partial charge is 0.220 e. The molecule has 2 heteroatoms. The van der Waals surface area contributed by atoms with Crippen LogP contribution in [0.25, 0.3) is 10.8 Å². The second kappa shape index (κ2) is 7.74. The van der Waals surface area contributed by atoms with Crippen molar-refractivity contribution in [3.63, 3.8) is 0 Å². The molecular formula is C24H27NO. The van der Waals surface area contributed by atoms with Crippen molar-refractivity contribution in [2.24, 2.45) is 0 Å². The van der Waals surface area contributed by atoms with Gasteiger partial charge in [-0.1, -0.05) is 81.4 Å². The number of fused-ring (bicyclic) bond motifs is 1. The van der Waals surface area contributed by atoms with E-state index in [1.54, 1.807) is 0 Å². The molecule has 1 N–H and O–H groups in total. The highest BCUT2D eigenvalue weighted by atomic mass is 16.1. The molecule has 0 unspecified atom stereocenters. The number of carbonyl (C=O) groups is 1. The van der Waals surface area contributed by atoms with Gasteiger partial charge in [0.2, 0.25) is 5.91 Å². The predicted molar refractivity (Wildman–Crippen MR) is 109 cm³/mol. The average molecular weight is 345 g/mol. The Morgan fingerprint density at radius 3 is 2.19 bits per heavy atom. The van der Waals surface area contributed by atoms with Gasteiger partial charge in [0.1, 0.15) is 0 Å². The molecule has 0 aliphatic carbocycles. The third-order valence-corrected chi connectivity index (χ3v) is 4.76. The van der Waals surface area contributed by atoms with Crippen LogP contribution in [0.3, 0.4) is 0 Å². The van der Waals surface area contributed by atoms with Crippen LogP contribution >= 0.6 is 0 Å². The Hall–Kier alpha value is -2.61. The minimum absolute atomic E-state index is 0.0954. The molecule has 0 atom stereocenters. The molecule has 0 spiro atoms. The summed E-state index contributed by atoms with van der Waals surface area (Å²) in [7, 11) is 0. The van der Waals surface area contributed by atoms with Crippen LogP contribution in [-0.4, -0.2) is 5.91 Å². The Morgan fingerprint density at radius 2 is 1.50 bits per heavy atom. The number of carbonyl (C=O) groups excluding carboxylic acids is 1.